The fourth-order valence-electron chi connectivity index (χ4n) is 4.06. The molecule has 7 nitrogen and oxygen atoms in total. The number of benzene rings is 1. The zero-order valence-corrected chi connectivity index (χ0v) is 18.5. The Morgan fingerprint density at radius 3 is 2.70 bits per heavy atom. The zero-order valence-electron chi connectivity index (χ0n) is 18.5. The van der Waals surface area contributed by atoms with Crippen molar-refractivity contribution in [3.63, 3.8) is 0 Å². The molecule has 1 aliphatic rings. The summed E-state index contributed by atoms with van der Waals surface area (Å²) in [5.41, 5.74) is 4.93. The minimum Gasteiger partial charge on any atom is -0.495 e. The molecule has 30 heavy (non-hydrogen) atoms. The number of piperidine rings is 1. The van der Waals surface area contributed by atoms with E-state index in [1.54, 1.807) is 7.11 Å². The van der Waals surface area contributed by atoms with Gasteiger partial charge in [0.05, 0.1) is 25.7 Å². The number of hydrogen-bond acceptors (Lipinski definition) is 5. The summed E-state index contributed by atoms with van der Waals surface area (Å²) in [7, 11) is 1.75. The number of fused-ring (bicyclic) bond motifs is 1. The number of hydrogen-bond donors (Lipinski definition) is 1. The van der Waals surface area contributed by atoms with Crippen LogP contribution < -0.4 is 15.1 Å². The van der Waals surface area contributed by atoms with Crippen LogP contribution in [-0.2, 0) is 6.54 Å². The van der Waals surface area contributed by atoms with Crippen LogP contribution in [0, 0.1) is 0 Å². The van der Waals surface area contributed by atoms with Gasteiger partial charge in [0.15, 0.2) is 11.1 Å². The second-order valence-electron chi connectivity index (χ2n) is 8.20. The molecule has 0 aliphatic carbocycles. The smallest absolute Gasteiger partial charge is 0.176 e. The Labute approximate surface area is 177 Å². The van der Waals surface area contributed by atoms with Gasteiger partial charge in [0, 0.05) is 25.6 Å². The summed E-state index contributed by atoms with van der Waals surface area (Å²) >= 11 is 0. The van der Waals surface area contributed by atoms with Gasteiger partial charge in [-0.2, -0.15) is 0 Å². The van der Waals surface area contributed by atoms with Gasteiger partial charge in [-0.1, -0.05) is 19.9 Å². The standard InChI is InChI=1S/C23H32N6O/c1-5-24-22-20-23(27-21(26-20)16(2)3)29(15-25-22)14-17-9-10-19(30-4)18(13-17)28-11-7-6-8-12-28/h9-10,13,15-16H,5-8,11-12,14H2,1-4H3,(H,26,27). The molecule has 0 atom stereocenters. The van der Waals surface area contributed by atoms with Crippen molar-refractivity contribution >= 4 is 16.9 Å². The van der Waals surface area contributed by atoms with Crippen molar-refractivity contribution in [1.29, 1.82) is 0 Å². The molecule has 0 radical (unpaired) electrons. The quantitative estimate of drug-likeness (QED) is 0.672. The summed E-state index contributed by atoms with van der Waals surface area (Å²) < 4.78 is 7.76. The van der Waals surface area contributed by atoms with Crippen LogP contribution in [0.5, 0.6) is 5.75 Å². The molecular weight excluding hydrogens is 376 g/mol. The van der Waals surface area contributed by atoms with E-state index in [0.717, 1.165) is 41.3 Å². The van der Waals surface area contributed by atoms with Crippen LogP contribution in [0.15, 0.2) is 29.5 Å². The van der Waals surface area contributed by atoms with Crippen LogP contribution in [-0.4, -0.2) is 46.3 Å². The fourth-order valence-corrected chi connectivity index (χ4v) is 4.06. The number of aromatic amines is 1. The number of imidazole rings is 1. The summed E-state index contributed by atoms with van der Waals surface area (Å²) in [6, 6.07) is 6.46. The van der Waals surface area contributed by atoms with Gasteiger partial charge in [-0.25, -0.2) is 9.97 Å². The van der Waals surface area contributed by atoms with E-state index in [2.05, 4.69) is 56.5 Å². The Balaban J connectivity index is 1.73. The Kier molecular flexibility index (Phi) is 6.06. The summed E-state index contributed by atoms with van der Waals surface area (Å²) in [5.74, 6) is 2.21. The number of H-pyrrole nitrogens is 1. The minimum atomic E-state index is 0.312. The lowest BCUT2D eigenvalue weighted by molar-refractivity contribution is 0.412. The lowest BCUT2D eigenvalue weighted by Gasteiger charge is -2.30. The molecular formula is C23H32N6O. The zero-order chi connectivity index (χ0) is 21.1. The average molecular weight is 409 g/mol. The Morgan fingerprint density at radius 1 is 1.20 bits per heavy atom. The molecule has 1 saturated heterocycles. The van der Waals surface area contributed by atoms with Crippen LogP contribution in [0.25, 0.3) is 11.2 Å². The molecule has 3 heterocycles. The van der Waals surface area contributed by atoms with E-state index in [1.165, 1.54) is 30.5 Å². The van der Waals surface area contributed by atoms with Gasteiger partial charge in [0.2, 0.25) is 0 Å². The first-order valence-electron chi connectivity index (χ1n) is 11.0. The maximum Gasteiger partial charge on any atom is 0.176 e. The number of anilines is 1. The molecule has 0 saturated carbocycles. The van der Waals surface area contributed by atoms with Crippen LogP contribution in [0.1, 0.15) is 57.3 Å². The molecule has 0 bridgehead atoms. The van der Waals surface area contributed by atoms with Gasteiger partial charge < -0.3 is 19.2 Å². The Morgan fingerprint density at radius 2 is 2.00 bits per heavy atom. The van der Waals surface area contributed by atoms with E-state index >= 15 is 0 Å². The first kappa shape index (κ1) is 20.4. The van der Waals surface area contributed by atoms with Gasteiger partial charge in [-0.3, -0.25) is 4.99 Å². The molecule has 4 rings (SSSR count). The highest BCUT2D eigenvalue weighted by molar-refractivity contribution is 5.70. The predicted molar refractivity (Wildman–Crippen MR) is 120 cm³/mol. The van der Waals surface area contributed by atoms with Crippen LogP contribution in [0.4, 0.5) is 5.69 Å². The van der Waals surface area contributed by atoms with Crippen molar-refractivity contribution < 1.29 is 4.74 Å². The van der Waals surface area contributed by atoms with Gasteiger partial charge in [-0.05, 0) is 43.9 Å². The molecule has 3 aromatic rings. The fraction of sp³-hybridized carbons (Fsp3) is 0.522. The van der Waals surface area contributed by atoms with Crippen LogP contribution in [0.3, 0.4) is 0 Å². The van der Waals surface area contributed by atoms with Crippen molar-refractivity contribution in [1.82, 2.24) is 19.5 Å². The predicted octanol–water partition coefficient (Wildman–Crippen LogP) is 3.85. The maximum atomic E-state index is 5.66. The molecule has 0 amide bonds. The van der Waals surface area contributed by atoms with Gasteiger partial charge in [-0.15, -0.1) is 0 Å². The third kappa shape index (κ3) is 4.06. The van der Waals surface area contributed by atoms with Gasteiger partial charge >= 0.3 is 0 Å². The van der Waals surface area contributed by atoms with E-state index in [-0.39, 0.29) is 0 Å². The second kappa shape index (κ2) is 8.90. The first-order chi connectivity index (χ1) is 14.6. The van der Waals surface area contributed by atoms with E-state index in [4.69, 9.17) is 9.72 Å². The monoisotopic (exact) mass is 408 g/mol. The highest BCUT2D eigenvalue weighted by atomic mass is 16.5. The first-order valence-corrected chi connectivity index (χ1v) is 11.0. The van der Waals surface area contributed by atoms with Crippen LogP contribution in [0.2, 0.25) is 0 Å². The Hall–Kier alpha value is -2.83. The minimum absolute atomic E-state index is 0.312. The van der Waals surface area contributed by atoms with Crippen molar-refractivity contribution in [3.8, 4) is 5.75 Å². The average Bonchev–Trinajstić information content (AvgIpc) is 3.23. The number of methoxy groups -OCH3 is 1. The molecule has 1 aliphatic heterocycles. The molecule has 160 valence electrons. The number of nitrogens with zero attached hydrogens (tertiary/aromatic N) is 5. The SMILES string of the molecule is CCN=c1ncn(Cc2ccc(OC)c(N3CCCCC3)c2)c2nc(C(C)C)[nH]c12. The Bertz CT molecular complexity index is 1070. The molecule has 1 fully saturated rings. The lowest BCUT2D eigenvalue weighted by atomic mass is 10.1. The summed E-state index contributed by atoms with van der Waals surface area (Å²) in [5, 5.41) is 0. The van der Waals surface area contributed by atoms with Crippen molar-refractivity contribution in [2.75, 3.05) is 31.6 Å². The van der Waals surface area contributed by atoms with Crippen molar-refractivity contribution in [3.05, 3.63) is 41.4 Å². The van der Waals surface area contributed by atoms with Gasteiger partial charge in [0.25, 0.3) is 0 Å². The number of rotatable bonds is 6. The third-order valence-electron chi connectivity index (χ3n) is 5.67. The summed E-state index contributed by atoms with van der Waals surface area (Å²) in [6.45, 7) is 9.86. The van der Waals surface area contributed by atoms with E-state index < -0.39 is 0 Å². The second-order valence-corrected chi connectivity index (χ2v) is 8.20. The number of aromatic nitrogens is 4. The topological polar surface area (TPSA) is 71.3 Å². The molecule has 2 aromatic heterocycles. The van der Waals surface area contributed by atoms with Gasteiger partial charge in [0.1, 0.15) is 17.1 Å². The van der Waals surface area contributed by atoms with E-state index in [1.807, 2.05) is 13.3 Å². The summed E-state index contributed by atoms with van der Waals surface area (Å²) in [6.07, 6.45) is 5.64. The van der Waals surface area contributed by atoms with Crippen molar-refractivity contribution in [2.45, 2.75) is 52.5 Å². The molecule has 0 spiro atoms. The van der Waals surface area contributed by atoms with Crippen molar-refractivity contribution in [2.24, 2.45) is 4.99 Å². The lowest BCUT2D eigenvalue weighted by Crippen LogP contribution is -2.29. The van der Waals surface area contributed by atoms with E-state index in [0.29, 0.717) is 19.0 Å². The molecule has 0 unspecified atom stereocenters. The van der Waals surface area contributed by atoms with E-state index in [9.17, 15) is 0 Å². The molecule has 7 heteroatoms. The maximum absolute atomic E-state index is 5.66. The van der Waals surface area contributed by atoms with Crippen LogP contribution >= 0.6 is 0 Å². The third-order valence-corrected chi connectivity index (χ3v) is 5.67. The number of ether oxygens (including phenoxy) is 1. The molecule has 1 aromatic carbocycles. The normalized spacial score (nSPS) is 15.4. The largest absolute Gasteiger partial charge is 0.495 e. The highest BCUT2D eigenvalue weighted by Crippen LogP contribution is 2.32. The summed E-state index contributed by atoms with van der Waals surface area (Å²) in [4.78, 5) is 19.9. The number of nitrogens with one attached hydrogen (secondary N) is 1. The highest BCUT2D eigenvalue weighted by Gasteiger charge is 2.17. The molecule has 1 N–H and O–H groups in total.